The molecule has 0 aliphatic heterocycles. The van der Waals surface area contributed by atoms with Gasteiger partial charge in [0.2, 0.25) is 11.9 Å². The third-order valence-electron chi connectivity index (χ3n) is 2.07. The second kappa shape index (κ2) is 4.61. The van der Waals surface area contributed by atoms with Gasteiger partial charge in [0.15, 0.2) is 11.5 Å². The van der Waals surface area contributed by atoms with E-state index in [1.54, 1.807) is 0 Å². The van der Waals surface area contributed by atoms with Crippen LogP contribution in [0.1, 0.15) is 6.42 Å². The van der Waals surface area contributed by atoms with Crippen LogP contribution in [-0.4, -0.2) is 37.6 Å². The van der Waals surface area contributed by atoms with Crippen LogP contribution in [-0.2, 0) is 4.79 Å². The monoisotopic (exact) mass is 237 g/mol. The van der Waals surface area contributed by atoms with E-state index >= 15 is 0 Å². The summed E-state index contributed by atoms with van der Waals surface area (Å²) in [7, 11) is 0. The molecule has 0 atom stereocenters. The molecule has 0 radical (unpaired) electrons. The number of carbonyl (C=O) groups is 1. The van der Waals surface area contributed by atoms with E-state index in [4.69, 9.17) is 10.9 Å². The summed E-state index contributed by atoms with van der Waals surface area (Å²) in [5.74, 6) is 0.0785. The highest BCUT2D eigenvalue weighted by molar-refractivity contribution is 5.83. The molecule has 9 nitrogen and oxygen atoms in total. The molecule has 2 aromatic rings. The number of rotatable bonds is 4. The zero-order chi connectivity index (χ0) is 12.3. The Bertz CT molecular complexity index is 538. The fourth-order valence-corrected chi connectivity index (χ4v) is 1.33. The van der Waals surface area contributed by atoms with Gasteiger partial charge < -0.3 is 16.0 Å². The van der Waals surface area contributed by atoms with Gasteiger partial charge in [-0.2, -0.15) is 9.97 Å². The van der Waals surface area contributed by atoms with Crippen molar-refractivity contribution in [3.8, 4) is 0 Å². The average Bonchev–Trinajstić information content (AvgIpc) is 2.76. The topological polar surface area (TPSA) is 142 Å². The summed E-state index contributed by atoms with van der Waals surface area (Å²) in [6.45, 7) is 0.303. The SMILES string of the molecule is Nc1nc(NCCC(=O)NO)c2[nH]cnc2n1. The zero-order valence-electron chi connectivity index (χ0n) is 8.77. The predicted octanol–water partition coefficient (Wildman–Crippen LogP) is -0.758. The Morgan fingerprint density at radius 2 is 2.35 bits per heavy atom. The summed E-state index contributed by atoms with van der Waals surface area (Å²) < 4.78 is 0. The molecule has 0 aliphatic carbocycles. The Labute approximate surface area is 95.4 Å². The Morgan fingerprint density at radius 1 is 1.53 bits per heavy atom. The van der Waals surface area contributed by atoms with Gasteiger partial charge in [-0.05, 0) is 0 Å². The quantitative estimate of drug-likeness (QED) is 0.347. The van der Waals surface area contributed by atoms with E-state index in [1.165, 1.54) is 11.8 Å². The summed E-state index contributed by atoms with van der Waals surface area (Å²) in [5, 5.41) is 11.2. The van der Waals surface area contributed by atoms with E-state index in [0.717, 1.165) is 0 Å². The molecule has 0 spiro atoms. The van der Waals surface area contributed by atoms with Crippen LogP contribution in [0.15, 0.2) is 6.33 Å². The minimum absolute atomic E-state index is 0.0960. The van der Waals surface area contributed by atoms with Gasteiger partial charge in [0, 0.05) is 13.0 Å². The van der Waals surface area contributed by atoms with Crippen LogP contribution in [0.2, 0.25) is 0 Å². The van der Waals surface area contributed by atoms with E-state index in [1.807, 2.05) is 0 Å². The van der Waals surface area contributed by atoms with Crippen molar-refractivity contribution in [3.05, 3.63) is 6.33 Å². The zero-order valence-corrected chi connectivity index (χ0v) is 8.77. The number of nitrogens with zero attached hydrogens (tertiary/aromatic N) is 3. The molecule has 0 saturated carbocycles. The van der Waals surface area contributed by atoms with Gasteiger partial charge in [-0.25, -0.2) is 10.5 Å². The summed E-state index contributed by atoms with van der Waals surface area (Å²) in [4.78, 5) is 25.5. The second-order valence-electron chi connectivity index (χ2n) is 3.24. The van der Waals surface area contributed by atoms with Crippen molar-refractivity contribution in [1.82, 2.24) is 25.4 Å². The number of H-pyrrole nitrogens is 1. The number of nitrogen functional groups attached to an aromatic ring is 1. The lowest BCUT2D eigenvalue weighted by Crippen LogP contribution is -2.21. The fraction of sp³-hybridized carbons (Fsp3) is 0.250. The van der Waals surface area contributed by atoms with Crippen LogP contribution in [0.25, 0.3) is 11.2 Å². The summed E-state index contributed by atoms with van der Waals surface area (Å²) in [5.41, 5.74) is 8.11. The Morgan fingerprint density at radius 3 is 3.12 bits per heavy atom. The first-order chi connectivity index (χ1) is 8.20. The maximum absolute atomic E-state index is 10.8. The van der Waals surface area contributed by atoms with Crippen molar-refractivity contribution in [1.29, 1.82) is 0 Å². The lowest BCUT2D eigenvalue weighted by atomic mass is 10.4. The van der Waals surface area contributed by atoms with Crippen LogP contribution in [0, 0.1) is 0 Å². The van der Waals surface area contributed by atoms with E-state index in [2.05, 4.69) is 25.3 Å². The molecule has 2 heterocycles. The Balaban J connectivity index is 2.12. The maximum atomic E-state index is 10.8. The first-order valence-electron chi connectivity index (χ1n) is 4.84. The lowest BCUT2D eigenvalue weighted by Gasteiger charge is -2.05. The number of fused-ring (bicyclic) bond motifs is 1. The Hall–Kier alpha value is -2.42. The van der Waals surface area contributed by atoms with E-state index in [-0.39, 0.29) is 12.4 Å². The molecule has 1 amide bonds. The number of hydrogen-bond acceptors (Lipinski definition) is 7. The summed E-state index contributed by atoms with van der Waals surface area (Å²) in [6.07, 6.45) is 1.58. The third-order valence-corrected chi connectivity index (χ3v) is 2.07. The molecular formula is C8H11N7O2. The van der Waals surface area contributed by atoms with Crippen molar-refractivity contribution in [3.63, 3.8) is 0 Å². The fourth-order valence-electron chi connectivity index (χ4n) is 1.33. The molecular weight excluding hydrogens is 226 g/mol. The van der Waals surface area contributed by atoms with Crippen molar-refractivity contribution in [2.45, 2.75) is 6.42 Å². The number of nitrogens with two attached hydrogens (primary N) is 1. The lowest BCUT2D eigenvalue weighted by molar-refractivity contribution is -0.128. The Kier molecular flexibility index (Phi) is 3.01. The molecule has 0 aliphatic rings. The minimum Gasteiger partial charge on any atom is -0.368 e. The number of hydrogen-bond donors (Lipinski definition) is 5. The van der Waals surface area contributed by atoms with Crippen LogP contribution in [0.4, 0.5) is 11.8 Å². The normalized spacial score (nSPS) is 10.4. The average molecular weight is 237 g/mol. The number of nitrogens with one attached hydrogen (secondary N) is 3. The number of carbonyl (C=O) groups excluding carboxylic acids is 1. The summed E-state index contributed by atoms with van der Waals surface area (Å²) in [6, 6.07) is 0. The first-order valence-corrected chi connectivity index (χ1v) is 4.84. The van der Waals surface area contributed by atoms with Crippen LogP contribution >= 0.6 is 0 Å². The van der Waals surface area contributed by atoms with Crippen molar-refractivity contribution >= 4 is 28.8 Å². The van der Waals surface area contributed by atoms with E-state index in [0.29, 0.717) is 23.5 Å². The van der Waals surface area contributed by atoms with Gasteiger partial charge in [-0.15, -0.1) is 0 Å². The van der Waals surface area contributed by atoms with Crippen LogP contribution < -0.4 is 16.5 Å². The molecule has 6 N–H and O–H groups in total. The van der Waals surface area contributed by atoms with Gasteiger partial charge >= 0.3 is 0 Å². The number of hydroxylamine groups is 1. The highest BCUT2D eigenvalue weighted by Crippen LogP contribution is 2.16. The molecule has 0 unspecified atom stereocenters. The second-order valence-corrected chi connectivity index (χ2v) is 3.24. The van der Waals surface area contributed by atoms with Gasteiger partial charge in [0.1, 0.15) is 5.52 Å². The number of imidazole rings is 1. The van der Waals surface area contributed by atoms with E-state index in [9.17, 15) is 4.79 Å². The number of aromatic nitrogens is 4. The number of anilines is 2. The largest absolute Gasteiger partial charge is 0.368 e. The van der Waals surface area contributed by atoms with E-state index < -0.39 is 5.91 Å². The number of aromatic amines is 1. The highest BCUT2D eigenvalue weighted by Gasteiger charge is 2.08. The van der Waals surface area contributed by atoms with Crippen molar-refractivity contribution < 1.29 is 10.0 Å². The minimum atomic E-state index is -0.486. The smallest absolute Gasteiger partial charge is 0.245 e. The predicted molar refractivity (Wildman–Crippen MR) is 59.1 cm³/mol. The summed E-state index contributed by atoms with van der Waals surface area (Å²) >= 11 is 0. The van der Waals surface area contributed by atoms with Crippen molar-refractivity contribution in [2.24, 2.45) is 0 Å². The molecule has 0 bridgehead atoms. The van der Waals surface area contributed by atoms with Crippen LogP contribution in [0.3, 0.4) is 0 Å². The molecule has 90 valence electrons. The molecule has 0 saturated heterocycles. The highest BCUT2D eigenvalue weighted by atomic mass is 16.5. The standard InChI is InChI=1S/C8H11N7O2/c9-8-13-6(10-2-1-4(16)15-17)5-7(14-8)12-3-11-5/h3,17H,1-2H2,(H,15,16)(H4,9,10,11,12,13,14). The third kappa shape index (κ3) is 2.39. The van der Waals surface area contributed by atoms with Gasteiger partial charge in [-0.1, -0.05) is 0 Å². The van der Waals surface area contributed by atoms with Gasteiger partial charge in [0.25, 0.3) is 0 Å². The molecule has 2 rings (SSSR count). The van der Waals surface area contributed by atoms with Gasteiger partial charge in [0.05, 0.1) is 6.33 Å². The number of amides is 1. The molecule has 9 heteroatoms. The van der Waals surface area contributed by atoms with Crippen molar-refractivity contribution in [2.75, 3.05) is 17.6 Å². The first kappa shape index (κ1) is 11.1. The van der Waals surface area contributed by atoms with Crippen LogP contribution in [0.5, 0.6) is 0 Å². The molecule has 0 aromatic carbocycles. The molecule has 2 aromatic heterocycles. The molecule has 0 fully saturated rings. The van der Waals surface area contributed by atoms with Gasteiger partial charge in [-0.3, -0.25) is 10.0 Å². The maximum Gasteiger partial charge on any atom is 0.245 e. The molecule has 17 heavy (non-hydrogen) atoms.